The van der Waals surface area contributed by atoms with Crippen LogP contribution >= 0.6 is 0 Å². The number of aromatic nitrogens is 4. The van der Waals surface area contributed by atoms with Crippen LogP contribution in [0.3, 0.4) is 0 Å². The van der Waals surface area contributed by atoms with Crippen LogP contribution in [-0.4, -0.2) is 18.5 Å². The van der Waals surface area contributed by atoms with E-state index >= 15 is 0 Å². The maximum Gasteiger partial charge on any atom is 0.0724 e. The average Bonchev–Trinajstić information content (AvgIpc) is 3.89. The molecule has 12 rings (SSSR count). The average molecular weight is 623 g/mol. The van der Waals surface area contributed by atoms with Gasteiger partial charge in [-0.05, 0) is 71.4 Å². The Morgan fingerprint density at radius 1 is 0.367 bits per heavy atom. The van der Waals surface area contributed by atoms with E-state index in [4.69, 9.17) is 0 Å². The van der Waals surface area contributed by atoms with Crippen molar-refractivity contribution in [3.8, 4) is 11.4 Å². The molecule has 0 saturated heterocycles. The lowest BCUT2D eigenvalue weighted by atomic mass is 9.99. The van der Waals surface area contributed by atoms with Gasteiger partial charge < -0.3 is 13.5 Å². The fraction of sp³-hybridized carbons (Fsp3) is 0. The van der Waals surface area contributed by atoms with E-state index in [1.54, 1.807) is 0 Å². The molecule has 0 atom stereocenters. The number of fused-ring (bicyclic) bond motifs is 15. The van der Waals surface area contributed by atoms with Crippen molar-refractivity contribution in [2.45, 2.75) is 0 Å². The number of hydrogen-bond donors (Lipinski definition) is 0. The first-order valence-corrected chi connectivity index (χ1v) is 16.8. The molecule has 0 aliphatic carbocycles. The lowest BCUT2D eigenvalue weighted by Crippen LogP contribution is -1.97. The standard InChI is InChI=1S/C45H26N4/c1-2-10-30-27(9-1)17-22-39-42(30)44-40(25-35-32-12-4-7-15-37(32)49-38-16-8-5-13-34(38)43(44)45(35)49)48(39)29-20-18-28(19-21-29)47-36-14-6-3-11-31(36)33-23-24-46-26-41(33)47/h1-26H. The molecule has 0 fully saturated rings. The van der Waals surface area contributed by atoms with E-state index in [-0.39, 0.29) is 0 Å². The van der Waals surface area contributed by atoms with Gasteiger partial charge in [0, 0.05) is 60.7 Å². The molecule has 5 heterocycles. The molecule has 0 spiro atoms. The van der Waals surface area contributed by atoms with E-state index in [2.05, 4.69) is 164 Å². The second-order valence-corrected chi connectivity index (χ2v) is 13.2. The van der Waals surface area contributed by atoms with Crippen LogP contribution < -0.4 is 0 Å². The van der Waals surface area contributed by atoms with Crippen molar-refractivity contribution >= 4 is 92.5 Å². The highest BCUT2D eigenvalue weighted by Crippen LogP contribution is 2.48. The summed E-state index contributed by atoms with van der Waals surface area (Å²) in [5, 5.41) is 12.8. The summed E-state index contributed by atoms with van der Waals surface area (Å²) >= 11 is 0. The van der Waals surface area contributed by atoms with Gasteiger partial charge in [-0.1, -0.05) is 84.9 Å². The van der Waals surface area contributed by atoms with E-state index in [0.29, 0.717) is 0 Å². The molecule has 0 aliphatic rings. The summed E-state index contributed by atoms with van der Waals surface area (Å²) in [7, 11) is 0. The van der Waals surface area contributed by atoms with Crippen molar-refractivity contribution in [3.63, 3.8) is 0 Å². The van der Waals surface area contributed by atoms with Crippen LogP contribution in [0.5, 0.6) is 0 Å². The topological polar surface area (TPSA) is 27.2 Å². The zero-order valence-electron chi connectivity index (χ0n) is 26.3. The number of rotatable bonds is 2. The number of benzene rings is 7. The molecule has 0 saturated carbocycles. The predicted octanol–water partition coefficient (Wildman–Crippen LogP) is 11.6. The molecule has 0 bridgehead atoms. The Kier molecular flexibility index (Phi) is 4.69. The monoisotopic (exact) mass is 622 g/mol. The number of pyridine rings is 1. The van der Waals surface area contributed by atoms with Crippen LogP contribution in [-0.2, 0) is 0 Å². The third-order valence-corrected chi connectivity index (χ3v) is 10.8. The van der Waals surface area contributed by atoms with E-state index in [0.717, 1.165) is 16.9 Å². The summed E-state index contributed by atoms with van der Waals surface area (Å²) in [4.78, 5) is 4.50. The van der Waals surface area contributed by atoms with E-state index in [9.17, 15) is 0 Å². The van der Waals surface area contributed by atoms with Gasteiger partial charge in [-0.25, -0.2) is 0 Å². The van der Waals surface area contributed by atoms with Gasteiger partial charge in [-0.15, -0.1) is 0 Å². The number of para-hydroxylation sites is 3. The molecule has 0 aliphatic heterocycles. The lowest BCUT2D eigenvalue weighted by Gasteiger charge is -2.12. The smallest absolute Gasteiger partial charge is 0.0724 e. The second kappa shape index (κ2) is 9.03. The SMILES string of the molecule is c1ccc2c(c1)ccc1c2c2c3c4ccccc4n4c5ccccc5c(cc2n1-c1ccc(-n2c5ccccc5c5ccncc52)cc1)c34. The van der Waals surface area contributed by atoms with Gasteiger partial charge in [-0.3, -0.25) is 4.98 Å². The Labute approximate surface area is 279 Å². The Bertz CT molecular complexity index is 3270. The van der Waals surface area contributed by atoms with Crippen LogP contribution in [0.15, 0.2) is 158 Å². The molecule has 226 valence electrons. The molecule has 0 radical (unpaired) electrons. The lowest BCUT2D eigenvalue weighted by molar-refractivity contribution is 1.14. The molecule has 0 N–H and O–H groups in total. The van der Waals surface area contributed by atoms with Crippen LogP contribution in [0.2, 0.25) is 0 Å². The Balaban J connectivity index is 1.23. The third-order valence-electron chi connectivity index (χ3n) is 10.8. The molecule has 12 aromatic rings. The second-order valence-electron chi connectivity index (χ2n) is 13.2. The first kappa shape index (κ1) is 25.4. The zero-order valence-corrected chi connectivity index (χ0v) is 26.3. The fourth-order valence-electron chi connectivity index (χ4n) is 8.90. The predicted molar refractivity (Wildman–Crippen MR) is 205 cm³/mol. The number of nitrogens with zero attached hydrogens (tertiary/aromatic N) is 4. The fourth-order valence-corrected chi connectivity index (χ4v) is 8.90. The summed E-state index contributed by atoms with van der Waals surface area (Å²) in [5.41, 5.74) is 10.8. The quantitative estimate of drug-likeness (QED) is 0.188. The van der Waals surface area contributed by atoms with Gasteiger partial charge in [0.25, 0.3) is 0 Å². The van der Waals surface area contributed by atoms with Gasteiger partial charge in [-0.2, -0.15) is 0 Å². The van der Waals surface area contributed by atoms with Gasteiger partial charge in [0.05, 0.1) is 44.8 Å². The van der Waals surface area contributed by atoms with Gasteiger partial charge in [0.2, 0.25) is 0 Å². The molecule has 0 unspecified atom stereocenters. The molecule has 4 heteroatoms. The van der Waals surface area contributed by atoms with Crippen molar-refractivity contribution in [1.82, 2.24) is 18.5 Å². The molecule has 49 heavy (non-hydrogen) atoms. The van der Waals surface area contributed by atoms with Crippen molar-refractivity contribution < 1.29 is 0 Å². The Morgan fingerprint density at radius 3 is 1.73 bits per heavy atom. The zero-order chi connectivity index (χ0) is 31.8. The maximum atomic E-state index is 4.50. The highest BCUT2D eigenvalue weighted by atomic mass is 15.0. The van der Waals surface area contributed by atoms with Crippen molar-refractivity contribution in [2.24, 2.45) is 0 Å². The third kappa shape index (κ3) is 3.12. The summed E-state index contributed by atoms with van der Waals surface area (Å²) in [6.07, 6.45) is 3.86. The summed E-state index contributed by atoms with van der Waals surface area (Å²) in [5.74, 6) is 0. The van der Waals surface area contributed by atoms with Crippen LogP contribution in [0.4, 0.5) is 0 Å². The summed E-state index contributed by atoms with van der Waals surface area (Å²) in [6, 6.07) is 53.4. The maximum absolute atomic E-state index is 4.50. The Hall–Kier alpha value is -6.65. The van der Waals surface area contributed by atoms with Crippen LogP contribution in [0.1, 0.15) is 0 Å². The first-order chi connectivity index (χ1) is 24.3. The minimum absolute atomic E-state index is 1.11. The van der Waals surface area contributed by atoms with E-state index < -0.39 is 0 Å². The van der Waals surface area contributed by atoms with E-state index in [1.807, 2.05) is 12.4 Å². The van der Waals surface area contributed by atoms with Crippen molar-refractivity contribution in [1.29, 1.82) is 0 Å². The molecule has 4 nitrogen and oxygen atoms in total. The number of hydrogen-bond acceptors (Lipinski definition) is 1. The minimum Gasteiger partial charge on any atom is -0.309 e. The summed E-state index contributed by atoms with van der Waals surface area (Å²) < 4.78 is 7.30. The van der Waals surface area contributed by atoms with Gasteiger partial charge in [0.15, 0.2) is 0 Å². The first-order valence-electron chi connectivity index (χ1n) is 16.8. The highest BCUT2D eigenvalue weighted by molar-refractivity contribution is 6.38. The molecule has 7 aromatic carbocycles. The van der Waals surface area contributed by atoms with Gasteiger partial charge >= 0.3 is 0 Å². The summed E-state index contributed by atoms with van der Waals surface area (Å²) in [6.45, 7) is 0. The Morgan fingerprint density at radius 2 is 0.959 bits per heavy atom. The van der Waals surface area contributed by atoms with Crippen LogP contribution in [0.25, 0.3) is 104 Å². The molecular formula is C45H26N4. The van der Waals surface area contributed by atoms with Gasteiger partial charge in [0.1, 0.15) is 0 Å². The van der Waals surface area contributed by atoms with Crippen LogP contribution in [0, 0.1) is 0 Å². The van der Waals surface area contributed by atoms with Crippen molar-refractivity contribution in [3.05, 3.63) is 158 Å². The van der Waals surface area contributed by atoms with Crippen molar-refractivity contribution in [2.75, 3.05) is 0 Å². The molecule has 5 aromatic heterocycles. The normalized spacial score (nSPS) is 12.5. The largest absolute Gasteiger partial charge is 0.309 e. The molecular weight excluding hydrogens is 597 g/mol. The van der Waals surface area contributed by atoms with E-state index in [1.165, 1.54) is 87.0 Å². The molecule has 0 amide bonds. The highest BCUT2D eigenvalue weighted by Gasteiger charge is 2.25. The minimum atomic E-state index is 1.11.